The van der Waals surface area contributed by atoms with Gasteiger partial charge in [0, 0.05) is 13.1 Å². The summed E-state index contributed by atoms with van der Waals surface area (Å²) in [5.41, 5.74) is 3.11. The molecule has 0 amide bonds. The molecule has 1 aromatic carbocycles. The number of carbonyl (C=O) groups is 1. The quantitative estimate of drug-likeness (QED) is 0.842. The van der Waals surface area contributed by atoms with Crippen molar-refractivity contribution in [1.82, 2.24) is 9.55 Å². The molecule has 0 aliphatic carbocycles. The number of carboxylic acid groups (broad SMARTS) is 1. The molecule has 0 saturated carbocycles. The van der Waals surface area contributed by atoms with Crippen LogP contribution in [0.3, 0.4) is 0 Å². The molecule has 0 fully saturated rings. The van der Waals surface area contributed by atoms with Crippen LogP contribution in [0.1, 0.15) is 32.2 Å². The van der Waals surface area contributed by atoms with E-state index in [1.165, 1.54) is 6.08 Å². The second-order valence-electron chi connectivity index (χ2n) is 5.62. The molecule has 4 heteroatoms. The van der Waals surface area contributed by atoms with E-state index in [0.717, 1.165) is 22.7 Å². The second-order valence-corrected chi connectivity index (χ2v) is 5.62. The summed E-state index contributed by atoms with van der Waals surface area (Å²) in [6.45, 7) is 6.43. The lowest BCUT2D eigenvalue weighted by atomic mass is 9.86. The van der Waals surface area contributed by atoms with Gasteiger partial charge in [-0.1, -0.05) is 32.9 Å². The number of para-hydroxylation sites is 1. The predicted molar refractivity (Wildman–Crippen MR) is 76.1 cm³/mol. The monoisotopic (exact) mass is 258 g/mol. The van der Waals surface area contributed by atoms with Crippen molar-refractivity contribution in [2.75, 3.05) is 0 Å². The van der Waals surface area contributed by atoms with Gasteiger partial charge in [-0.25, -0.2) is 9.78 Å². The van der Waals surface area contributed by atoms with Gasteiger partial charge in [-0.3, -0.25) is 0 Å². The third-order valence-electron chi connectivity index (χ3n) is 3.13. The van der Waals surface area contributed by atoms with Crippen LogP contribution in [-0.2, 0) is 17.3 Å². The van der Waals surface area contributed by atoms with Crippen molar-refractivity contribution in [2.24, 2.45) is 7.05 Å². The first-order valence-electron chi connectivity index (χ1n) is 6.17. The summed E-state index contributed by atoms with van der Waals surface area (Å²) in [4.78, 5) is 15.2. The number of aliphatic carboxylic acids is 1. The van der Waals surface area contributed by atoms with Crippen molar-refractivity contribution in [2.45, 2.75) is 26.2 Å². The number of hydrogen-bond donors (Lipinski definition) is 1. The van der Waals surface area contributed by atoms with E-state index >= 15 is 0 Å². The standard InChI is InChI=1S/C15H18N2O2/c1-15(2,3)10-6-5-7-11-14(10)16-12(17(11)4)8-9-13(18)19/h5-9H,1-4H3,(H,18,19)/b9-8+. The van der Waals surface area contributed by atoms with Gasteiger partial charge in [-0.15, -0.1) is 0 Å². The minimum atomic E-state index is -0.969. The van der Waals surface area contributed by atoms with Crippen molar-refractivity contribution in [1.29, 1.82) is 0 Å². The van der Waals surface area contributed by atoms with Crippen LogP contribution in [0.2, 0.25) is 0 Å². The average molecular weight is 258 g/mol. The van der Waals surface area contributed by atoms with E-state index in [-0.39, 0.29) is 5.41 Å². The van der Waals surface area contributed by atoms with E-state index in [1.54, 1.807) is 0 Å². The number of fused-ring (bicyclic) bond motifs is 1. The molecule has 2 rings (SSSR count). The number of carboxylic acids is 1. The second kappa shape index (κ2) is 4.53. The number of hydrogen-bond acceptors (Lipinski definition) is 2. The van der Waals surface area contributed by atoms with Crippen LogP contribution in [0.5, 0.6) is 0 Å². The molecule has 19 heavy (non-hydrogen) atoms. The Morgan fingerprint density at radius 1 is 1.37 bits per heavy atom. The van der Waals surface area contributed by atoms with Crippen LogP contribution in [-0.4, -0.2) is 20.6 Å². The van der Waals surface area contributed by atoms with Gasteiger partial charge in [0.15, 0.2) is 0 Å². The molecule has 0 bridgehead atoms. The molecule has 2 aromatic rings. The first-order chi connectivity index (χ1) is 8.80. The fourth-order valence-corrected chi connectivity index (χ4v) is 2.13. The van der Waals surface area contributed by atoms with E-state index in [1.807, 2.05) is 23.7 Å². The van der Waals surface area contributed by atoms with Crippen LogP contribution < -0.4 is 0 Å². The van der Waals surface area contributed by atoms with Gasteiger partial charge >= 0.3 is 5.97 Å². The van der Waals surface area contributed by atoms with Crippen molar-refractivity contribution in [3.63, 3.8) is 0 Å². The SMILES string of the molecule is Cn1c(/C=C/C(=O)O)nc2c(C(C)(C)C)cccc21. The summed E-state index contributed by atoms with van der Waals surface area (Å²) in [6, 6.07) is 6.07. The maximum Gasteiger partial charge on any atom is 0.328 e. The minimum Gasteiger partial charge on any atom is -0.478 e. The van der Waals surface area contributed by atoms with Crippen LogP contribution in [0, 0.1) is 0 Å². The van der Waals surface area contributed by atoms with Gasteiger partial charge in [0.2, 0.25) is 0 Å². The third-order valence-corrected chi connectivity index (χ3v) is 3.13. The van der Waals surface area contributed by atoms with Gasteiger partial charge in [0.05, 0.1) is 11.0 Å². The van der Waals surface area contributed by atoms with Crippen LogP contribution >= 0.6 is 0 Å². The lowest BCUT2D eigenvalue weighted by Gasteiger charge is -2.19. The van der Waals surface area contributed by atoms with E-state index in [0.29, 0.717) is 5.82 Å². The topological polar surface area (TPSA) is 55.1 Å². The lowest BCUT2D eigenvalue weighted by molar-refractivity contribution is -0.131. The summed E-state index contributed by atoms with van der Waals surface area (Å²) in [5.74, 6) is -0.322. The van der Waals surface area contributed by atoms with Gasteiger partial charge in [-0.2, -0.15) is 0 Å². The molecule has 0 radical (unpaired) electrons. The number of imidazole rings is 1. The highest BCUT2D eigenvalue weighted by atomic mass is 16.4. The highest BCUT2D eigenvalue weighted by molar-refractivity contribution is 5.87. The van der Waals surface area contributed by atoms with Crippen LogP contribution in [0.4, 0.5) is 0 Å². The van der Waals surface area contributed by atoms with E-state index in [9.17, 15) is 4.79 Å². The van der Waals surface area contributed by atoms with Crippen molar-refractivity contribution < 1.29 is 9.90 Å². The molecular weight excluding hydrogens is 240 g/mol. The Bertz CT molecular complexity index is 661. The van der Waals surface area contributed by atoms with Crippen LogP contribution in [0.15, 0.2) is 24.3 Å². The fourth-order valence-electron chi connectivity index (χ4n) is 2.13. The third kappa shape index (κ3) is 2.52. The van der Waals surface area contributed by atoms with Gasteiger partial charge in [-0.05, 0) is 23.1 Å². The zero-order valence-corrected chi connectivity index (χ0v) is 11.6. The molecule has 0 aliphatic rings. The fraction of sp³-hybridized carbons (Fsp3) is 0.333. The molecule has 0 atom stereocenters. The first-order valence-corrected chi connectivity index (χ1v) is 6.17. The number of nitrogens with zero attached hydrogens (tertiary/aromatic N) is 2. The number of rotatable bonds is 2. The Kier molecular flexibility index (Phi) is 3.18. The van der Waals surface area contributed by atoms with Crippen molar-refractivity contribution in [3.05, 3.63) is 35.7 Å². The predicted octanol–water partition coefficient (Wildman–Crippen LogP) is 2.97. The Morgan fingerprint density at radius 3 is 2.63 bits per heavy atom. The number of aryl methyl sites for hydroxylation is 1. The number of benzene rings is 1. The van der Waals surface area contributed by atoms with E-state index in [4.69, 9.17) is 5.11 Å². The number of aromatic nitrogens is 2. The first kappa shape index (κ1) is 13.3. The molecule has 0 saturated heterocycles. The zero-order valence-electron chi connectivity index (χ0n) is 11.6. The molecule has 0 spiro atoms. The maximum absolute atomic E-state index is 10.6. The molecule has 0 unspecified atom stereocenters. The Hall–Kier alpha value is -2.10. The summed E-state index contributed by atoms with van der Waals surface area (Å²) >= 11 is 0. The van der Waals surface area contributed by atoms with Gasteiger partial charge in [0.1, 0.15) is 5.82 Å². The molecule has 1 aromatic heterocycles. The Labute approximate surface area is 112 Å². The van der Waals surface area contributed by atoms with E-state index < -0.39 is 5.97 Å². The average Bonchev–Trinajstić information content (AvgIpc) is 2.62. The smallest absolute Gasteiger partial charge is 0.328 e. The molecule has 1 N–H and O–H groups in total. The molecule has 1 heterocycles. The summed E-state index contributed by atoms with van der Waals surface area (Å²) in [6.07, 6.45) is 2.63. The van der Waals surface area contributed by atoms with Crippen molar-refractivity contribution in [3.8, 4) is 0 Å². The zero-order chi connectivity index (χ0) is 14.2. The Balaban J connectivity index is 2.66. The van der Waals surface area contributed by atoms with Crippen LogP contribution in [0.25, 0.3) is 17.1 Å². The van der Waals surface area contributed by atoms with E-state index in [2.05, 4.69) is 31.8 Å². The maximum atomic E-state index is 10.6. The van der Waals surface area contributed by atoms with Gasteiger partial charge in [0.25, 0.3) is 0 Å². The molecule has 100 valence electrons. The highest BCUT2D eigenvalue weighted by Crippen LogP contribution is 2.29. The summed E-state index contributed by atoms with van der Waals surface area (Å²) < 4.78 is 1.91. The summed E-state index contributed by atoms with van der Waals surface area (Å²) in [7, 11) is 1.89. The Morgan fingerprint density at radius 2 is 2.05 bits per heavy atom. The molecule has 4 nitrogen and oxygen atoms in total. The highest BCUT2D eigenvalue weighted by Gasteiger charge is 2.19. The van der Waals surface area contributed by atoms with Gasteiger partial charge < -0.3 is 9.67 Å². The lowest BCUT2D eigenvalue weighted by Crippen LogP contribution is -2.11. The molecule has 0 aliphatic heterocycles. The normalized spacial score (nSPS) is 12.4. The minimum absolute atomic E-state index is 0.00163. The van der Waals surface area contributed by atoms with Crippen molar-refractivity contribution >= 4 is 23.1 Å². The summed E-state index contributed by atoms with van der Waals surface area (Å²) in [5, 5.41) is 8.70. The molecular formula is C15H18N2O2. The largest absolute Gasteiger partial charge is 0.478 e.